The van der Waals surface area contributed by atoms with Crippen LogP contribution in [-0.2, 0) is 4.79 Å². The average molecular weight is 405 g/mol. The van der Waals surface area contributed by atoms with Gasteiger partial charge in [-0.3, -0.25) is 19.4 Å². The fourth-order valence-corrected chi connectivity index (χ4v) is 3.52. The number of fused-ring (bicyclic) bond motifs is 2. The number of amides is 1. The SMILES string of the molecule is C=C/C=C\C=NCC(=O)NCCNC1=CC=C(O)C2C(=O)c3ccccc3C(=O)C12. The molecule has 0 aromatic heterocycles. The van der Waals surface area contributed by atoms with Gasteiger partial charge in [0.2, 0.25) is 5.91 Å². The van der Waals surface area contributed by atoms with Gasteiger partial charge in [0, 0.05) is 36.1 Å². The summed E-state index contributed by atoms with van der Waals surface area (Å²) >= 11 is 0. The third-order valence-corrected chi connectivity index (χ3v) is 4.89. The van der Waals surface area contributed by atoms with Gasteiger partial charge in [-0.25, -0.2) is 0 Å². The summed E-state index contributed by atoms with van der Waals surface area (Å²) in [6.07, 6.45) is 9.56. The molecule has 2 aliphatic rings. The highest BCUT2D eigenvalue weighted by atomic mass is 16.3. The molecule has 7 nitrogen and oxygen atoms in total. The summed E-state index contributed by atoms with van der Waals surface area (Å²) in [5.74, 6) is -2.55. The fraction of sp³-hybridized carbons (Fsp3) is 0.217. The highest BCUT2D eigenvalue weighted by molar-refractivity contribution is 6.17. The molecule has 154 valence electrons. The second-order valence-corrected chi connectivity index (χ2v) is 6.83. The van der Waals surface area contributed by atoms with E-state index in [2.05, 4.69) is 22.2 Å². The molecule has 30 heavy (non-hydrogen) atoms. The zero-order chi connectivity index (χ0) is 21.5. The molecule has 0 saturated carbocycles. The topological polar surface area (TPSA) is 108 Å². The van der Waals surface area contributed by atoms with Gasteiger partial charge in [-0.2, -0.15) is 0 Å². The first-order valence-electron chi connectivity index (χ1n) is 9.61. The Bertz CT molecular complexity index is 988. The van der Waals surface area contributed by atoms with Gasteiger partial charge in [-0.05, 0) is 18.2 Å². The number of benzene rings is 1. The van der Waals surface area contributed by atoms with Crippen molar-refractivity contribution < 1.29 is 19.5 Å². The smallest absolute Gasteiger partial charge is 0.241 e. The lowest BCUT2D eigenvalue weighted by Crippen LogP contribution is -2.44. The van der Waals surface area contributed by atoms with Gasteiger partial charge in [0.15, 0.2) is 11.6 Å². The van der Waals surface area contributed by atoms with E-state index in [1.807, 2.05) is 0 Å². The standard InChI is InChI=1S/C23H23N3O4/c1-2-3-6-11-24-14-19(28)26-13-12-25-17-9-10-18(27)21-20(17)22(29)15-7-4-5-8-16(15)23(21)30/h2-11,20-21,25,27H,1,12-14H2,(H,26,28)/b6-3-,24-11?. The molecule has 2 aliphatic carbocycles. The summed E-state index contributed by atoms with van der Waals surface area (Å²) in [6.45, 7) is 4.22. The molecule has 1 amide bonds. The Morgan fingerprint density at radius 3 is 2.47 bits per heavy atom. The summed E-state index contributed by atoms with van der Waals surface area (Å²) in [5.41, 5.74) is 1.25. The van der Waals surface area contributed by atoms with Gasteiger partial charge < -0.3 is 15.7 Å². The van der Waals surface area contributed by atoms with Crippen molar-refractivity contribution >= 4 is 23.7 Å². The fourth-order valence-electron chi connectivity index (χ4n) is 3.52. The lowest BCUT2D eigenvalue weighted by molar-refractivity contribution is -0.119. The lowest BCUT2D eigenvalue weighted by Gasteiger charge is -2.34. The molecule has 3 N–H and O–H groups in total. The number of hydrogen-bond acceptors (Lipinski definition) is 6. The number of Topliss-reactive ketones (excluding diaryl/α,β-unsaturated/α-hetero) is 2. The zero-order valence-electron chi connectivity index (χ0n) is 16.4. The highest BCUT2D eigenvalue weighted by Gasteiger charge is 2.46. The summed E-state index contributed by atoms with van der Waals surface area (Å²) in [5, 5.41) is 16.1. The van der Waals surface area contributed by atoms with Crippen molar-refractivity contribution in [1.29, 1.82) is 0 Å². The van der Waals surface area contributed by atoms with Gasteiger partial charge >= 0.3 is 0 Å². The minimum Gasteiger partial charge on any atom is -0.512 e. The van der Waals surface area contributed by atoms with Crippen LogP contribution in [0, 0.1) is 11.8 Å². The third kappa shape index (κ3) is 4.46. The van der Waals surface area contributed by atoms with E-state index in [0.717, 1.165) is 0 Å². The van der Waals surface area contributed by atoms with E-state index >= 15 is 0 Å². The summed E-state index contributed by atoms with van der Waals surface area (Å²) in [7, 11) is 0. The van der Waals surface area contributed by atoms with E-state index < -0.39 is 11.8 Å². The van der Waals surface area contributed by atoms with Gasteiger partial charge in [-0.15, -0.1) is 0 Å². The van der Waals surface area contributed by atoms with Crippen LogP contribution in [-0.4, -0.2) is 48.4 Å². The highest BCUT2D eigenvalue weighted by Crippen LogP contribution is 2.39. The summed E-state index contributed by atoms with van der Waals surface area (Å²) in [4.78, 5) is 41.6. The molecule has 2 atom stereocenters. The molecule has 0 saturated heterocycles. The second kappa shape index (κ2) is 9.65. The maximum Gasteiger partial charge on any atom is 0.241 e. The van der Waals surface area contributed by atoms with E-state index in [1.54, 1.807) is 48.6 Å². The number of aliphatic hydroxyl groups excluding tert-OH is 1. The minimum absolute atomic E-state index is 0.00919. The number of nitrogens with zero attached hydrogens (tertiary/aromatic N) is 1. The number of allylic oxidation sites excluding steroid dienone is 7. The van der Waals surface area contributed by atoms with Crippen molar-refractivity contribution in [3.05, 3.63) is 83.8 Å². The second-order valence-electron chi connectivity index (χ2n) is 6.83. The largest absolute Gasteiger partial charge is 0.512 e. The van der Waals surface area contributed by atoms with E-state index in [9.17, 15) is 19.5 Å². The molecular weight excluding hydrogens is 382 g/mol. The Hall–Kier alpha value is -3.74. The number of hydrogen-bond donors (Lipinski definition) is 3. The van der Waals surface area contributed by atoms with Gasteiger partial charge in [0.25, 0.3) is 0 Å². The Labute approximate surface area is 174 Å². The van der Waals surface area contributed by atoms with Crippen LogP contribution in [0.5, 0.6) is 0 Å². The zero-order valence-corrected chi connectivity index (χ0v) is 16.4. The molecule has 1 aromatic rings. The number of rotatable bonds is 8. The third-order valence-electron chi connectivity index (χ3n) is 4.89. The van der Waals surface area contributed by atoms with Crippen molar-refractivity contribution in [3.8, 4) is 0 Å². The molecule has 0 aliphatic heterocycles. The monoisotopic (exact) mass is 405 g/mol. The van der Waals surface area contributed by atoms with Crippen LogP contribution in [0.25, 0.3) is 0 Å². The van der Waals surface area contributed by atoms with E-state index in [-0.39, 0.29) is 29.8 Å². The van der Waals surface area contributed by atoms with Crippen LogP contribution in [0.15, 0.2) is 77.7 Å². The molecule has 0 radical (unpaired) electrons. The maximum absolute atomic E-state index is 13.0. The van der Waals surface area contributed by atoms with Crippen molar-refractivity contribution in [2.75, 3.05) is 19.6 Å². The van der Waals surface area contributed by atoms with Crippen LogP contribution in [0.3, 0.4) is 0 Å². The summed E-state index contributed by atoms with van der Waals surface area (Å²) in [6, 6.07) is 6.65. The van der Waals surface area contributed by atoms with Crippen LogP contribution in [0.1, 0.15) is 20.7 Å². The lowest BCUT2D eigenvalue weighted by atomic mass is 9.70. The Morgan fingerprint density at radius 2 is 1.77 bits per heavy atom. The predicted molar refractivity (Wildman–Crippen MR) is 115 cm³/mol. The Balaban J connectivity index is 1.60. The van der Waals surface area contributed by atoms with E-state index in [1.165, 1.54) is 12.3 Å². The number of ketones is 2. The molecule has 0 fully saturated rings. The molecular formula is C23H23N3O4. The van der Waals surface area contributed by atoms with Crippen molar-refractivity contribution in [2.24, 2.45) is 16.8 Å². The number of carbonyl (C=O) groups excluding carboxylic acids is 3. The molecule has 1 aromatic carbocycles. The first kappa shape index (κ1) is 21.0. The van der Waals surface area contributed by atoms with Crippen molar-refractivity contribution in [2.45, 2.75) is 0 Å². The molecule has 0 bridgehead atoms. The van der Waals surface area contributed by atoms with Crippen LogP contribution < -0.4 is 10.6 Å². The van der Waals surface area contributed by atoms with Gasteiger partial charge in [0.1, 0.15) is 12.3 Å². The van der Waals surface area contributed by atoms with Crippen LogP contribution >= 0.6 is 0 Å². The molecule has 0 heterocycles. The Morgan fingerprint density at radius 1 is 1.07 bits per heavy atom. The van der Waals surface area contributed by atoms with Crippen molar-refractivity contribution in [1.82, 2.24) is 10.6 Å². The summed E-state index contributed by atoms with van der Waals surface area (Å²) < 4.78 is 0. The molecule has 7 heteroatoms. The maximum atomic E-state index is 13.0. The number of aliphatic hydroxyl groups is 1. The van der Waals surface area contributed by atoms with Gasteiger partial charge in [0.05, 0.1) is 11.8 Å². The van der Waals surface area contributed by atoms with Crippen molar-refractivity contribution in [3.63, 3.8) is 0 Å². The minimum atomic E-state index is -0.924. The molecule has 0 spiro atoms. The quantitative estimate of drug-likeness (QED) is 0.349. The number of aliphatic imine (C=N–C) groups is 1. The Kier molecular flexibility index (Phi) is 6.75. The first-order valence-corrected chi connectivity index (χ1v) is 9.61. The molecule has 3 rings (SSSR count). The normalized spacial score (nSPS) is 20.4. The molecule has 2 unspecified atom stereocenters. The first-order chi connectivity index (χ1) is 14.5. The van der Waals surface area contributed by atoms with Crippen LogP contribution in [0.4, 0.5) is 0 Å². The number of nitrogens with one attached hydrogen (secondary N) is 2. The average Bonchev–Trinajstić information content (AvgIpc) is 2.75. The van der Waals surface area contributed by atoms with E-state index in [4.69, 9.17) is 0 Å². The number of carbonyl (C=O) groups is 3. The van der Waals surface area contributed by atoms with Gasteiger partial charge in [-0.1, -0.05) is 43.0 Å². The van der Waals surface area contributed by atoms with Crippen LogP contribution in [0.2, 0.25) is 0 Å². The van der Waals surface area contributed by atoms with E-state index in [0.29, 0.717) is 29.9 Å². The predicted octanol–water partition coefficient (Wildman–Crippen LogP) is 2.16.